The maximum atomic E-state index is 13.1. The zero-order chi connectivity index (χ0) is 18.6. The Morgan fingerprint density at radius 2 is 2.16 bits per heavy atom. The molecule has 0 saturated carbocycles. The van der Waals surface area contributed by atoms with Gasteiger partial charge in [0.25, 0.3) is 5.91 Å². The van der Waals surface area contributed by atoms with Gasteiger partial charge in [-0.25, -0.2) is 4.39 Å². The van der Waals surface area contributed by atoms with Gasteiger partial charge in [0.05, 0.1) is 16.6 Å². The Morgan fingerprint density at radius 1 is 1.44 bits per heavy atom. The molecule has 0 aliphatic carbocycles. The largest absolute Gasteiger partial charge is 0.503 e. The van der Waals surface area contributed by atoms with Crippen LogP contribution >= 0.6 is 27.5 Å². The average Bonchev–Trinajstić information content (AvgIpc) is 2.58. The van der Waals surface area contributed by atoms with Crippen molar-refractivity contribution >= 4 is 45.2 Å². The van der Waals surface area contributed by atoms with Crippen LogP contribution in [-0.2, 0) is 4.79 Å². The maximum Gasteiger partial charge on any atom is 0.266 e. The highest BCUT2D eigenvalue weighted by Crippen LogP contribution is 2.35. The number of benzene rings is 2. The van der Waals surface area contributed by atoms with Gasteiger partial charge >= 0.3 is 0 Å². The Hall–Kier alpha value is -2.56. The van der Waals surface area contributed by atoms with Gasteiger partial charge in [-0.2, -0.15) is 5.26 Å². The minimum Gasteiger partial charge on any atom is -0.503 e. The van der Waals surface area contributed by atoms with E-state index in [1.807, 2.05) is 0 Å². The molecule has 2 N–H and O–H groups in total. The fraction of sp³-hybridized carbons (Fsp3) is 0.0588. The van der Waals surface area contributed by atoms with Crippen molar-refractivity contribution in [2.75, 3.05) is 12.4 Å². The SMILES string of the molecule is COc1cc(/C=C(\C#N)C(=O)Nc2ccc(F)c(Cl)c2)cc(Br)c1O. The summed E-state index contributed by atoms with van der Waals surface area (Å²) in [6, 6.07) is 8.46. The number of halogens is 3. The number of phenols is 1. The van der Waals surface area contributed by atoms with E-state index in [1.54, 1.807) is 6.07 Å². The Balaban J connectivity index is 2.31. The van der Waals surface area contributed by atoms with E-state index in [0.29, 0.717) is 10.0 Å². The lowest BCUT2D eigenvalue weighted by atomic mass is 10.1. The van der Waals surface area contributed by atoms with Crippen LogP contribution in [0.25, 0.3) is 6.08 Å². The second-order valence-corrected chi connectivity index (χ2v) is 6.07. The van der Waals surface area contributed by atoms with Gasteiger partial charge in [-0.3, -0.25) is 4.79 Å². The molecule has 128 valence electrons. The molecule has 0 aromatic heterocycles. The van der Waals surface area contributed by atoms with Gasteiger partial charge in [0.2, 0.25) is 0 Å². The van der Waals surface area contributed by atoms with Gasteiger partial charge in [0, 0.05) is 5.69 Å². The molecule has 1 amide bonds. The summed E-state index contributed by atoms with van der Waals surface area (Å²) in [6.45, 7) is 0. The number of aromatic hydroxyl groups is 1. The highest BCUT2D eigenvalue weighted by atomic mass is 79.9. The summed E-state index contributed by atoms with van der Waals surface area (Å²) in [5, 5.41) is 21.3. The zero-order valence-corrected chi connectivity index (χ0v) is 15.2. The van der Waals surface area contributed by atoms with Gasteiger partial charge in [-0.05, 0) is 57.9 Å². The summed E-state index contributed by atoms with van der Waals surface area (Å²) in [7, 11) is 1.38. The number of methoxy groups -OCH3 is 1. The number of hydrogen-bond acceptors (Lipinski definition) is 4. The topological polar surface area (TPSA) is 82.3 Å². The lowest BCUT2D eigenvalue weighted by molar-refractivity contribution is -0.112. The van der Waals surface area contributed by atoms with Crippen LogP contribution in [0.2, 0.25) is 5.02 Å². The van der Waals surface area contributed by atoms with E-state index < -0.39 is 11.7 Å². The Kier molecular flexibility index (Phi) is 6.02. The molecule has 25 heavy (non-hydrogen) atoms. The van der Waals surface area contributed by atoms with Crippen LogP contribution in [0, 0.1) is 17.1 Å². The van der Waals surface area contributed by atoms with E-state index in [-0.39, 0.29) is 27.8 Å². The number of anilines is 1. The molecule has 0 bridgehead atoms. The Bertz CT molecular complexity index is 909. The number of ether oxygens (including phenoxy) is 1. The molecule has 2 aromatic rings. The number of nitriles is 1. The maximum absolute atomic E-state index is 13.1. The molecule has 0 atom stereocenters. The number of phenolic OH excluding ortho intramolecular Hbond substituents is 1. The minimum absolute atomic E-state index is 0.0939. The molecule has 0 fully saturated rings. The van der Waals surface area contributed by atoms with E-state index in [4.69, 9.17) is 16.3 Å². The summed E-state index contributed by atoms with van der Waals surface area (Å²) < 4.78 is 18.5. The molecule has 0 unspecified atom stereocenters. The average molecular weight is 426 g/mol. The minimum atomic E-state index is -0.687. The quantitative estimate of drug-likeness (QED) is 0.558. The van der Waals surface area contributed by atoms with Crippen LogP contribution in [0.5, 0.6) is 11.5 Å². The van der Waals surface area contributed by atoms with Crippen LogP contribution < -0.4 is 10.1 Å². The van der Waals surface area contributed by atoms with Crippen LogP contribution in [0.4, 0.5) is 10.1 Å². The molecule has 0 heterocycles. The van der Waals surface area contributed by atoms with E-state index in [2.05, 4.69) is 21.2 Å². The number of carbonyl (C=O) groups excluding carboxylic acids is 1. The fourth-order valence-electron chi connectivity index (χ4n) is 1.92. The first-order valence-electron chi connectivity index (χ1n) is 6.80. The lowest BCUT2D eigenvalue weighted by Gasteiger charge is -2.08. The van der Waals surface area contributed by atoms with Crippen molar-refractivity contribution in [1.29, 1.82) is 5.26 Å². The normalized spacial score (nSPS) is 10.9. The Morgan fingerprint density at radius 3 is 2.76 bits per heavy atom. The number of nitrogens with one attached hydrogen (secondary N) is 1. The second kappa shape index (κ2) is 8.01. The van der Waals surface area contributed by atoms with E-state index in [0.717, 1.165) is 6.07 Å². The third-order valence-electron chi connectivity index (χ3n) is 3.12. The fourth-order valence-corrected chi connectivity index (χ4v) is 2.56. The molecule has 5 nitrogen and oxygen atoms in total. The van der Waals surface area contributed by atoms with Crippen LogP contribution in [0.15, 0.2) is 40.4 Å². The van der Waals surface area contributed by atoms with Crippen molar-refractivity contribution in [3.8, 4) is 17.6 Å². The summed E-state index contributed by atoms with van der Waals surface area (Å²) in [5.41, 5.74) is 0.521. The standard InChI is InChI=1S/C17H11BrClFN2O3/c1-25-15-6-9(5-12(18)16(15)23)4-10(8-21)17(24)22-11-2-3-14(20)13(19)7-11/h2-7,23H,1H3,(H,22,24)/b10-4+. The molecule has 2 aromatic carbocycles. The number of hydrogen-bond donors (Lipinski definition) is 2. The van der Waals surface area contributed by atoms with E-state index >= 15 is 0 Å². The van der Waals surface area contributed by atoms with Gasteiger partial charge in [0.1, 0.15) is 17.5 Å². The van der Waals surface area contributed by atoms with Gasteiger partial charge < -0.3 is 15.2 Å². The monoisotopic (exact) mass is 424 g/mol. The van der Waals surface area contributed by atoms with Crippen LogP contribution in [0.1, 0.15) is 5.56 Å². The number of nitrogens with zero attached hydrogens (tertiary/aromatic N) is 1. The third-order valence-corrected chi connectivity index (χ3v) is 4.02. The lowest BCUT2D eigenvalue weighted by Crippen LogP contribution is -2.13. The molecule has 0 aliphatic heterocycles. The molecule has 0 radical (unpaired) electrons. The van der Waals surface area contributed by atoms with E-state index in [1.165, 1.54) is 37.5 Å². The second-order valence-electron chi connectivity index (χ2n) is 4.81. The number of rotatable bonds is 4. The number of carbonyl (C=O) groups is 1. The third kappa shape index (κ3) is 4.50. The van der Waals surface area contributed by atoms with Crippen molar-refractivity contribution < 1.29 is 19.0 Å². The van der Waals surface area contributed by atoms with Crippen molar-refractivity contribution in [2.45, 2.75) is 0 Å². The highest BCUT2D eigenvalue weighted by Gasteiger charge is 2.13. The first-order chi connectivity index (χ1) is 11.8. The predicted octanol–water partition coefficient (Wildman–Crippen LogP) is 4.50. The van der Waals surface area contributed by atoms with Crippen molar-refractivity contribution in [2.24, 2.45) is 0 Å². The van der Waals surface area contributed by atoms with Crippen molar-refractivity contribution in [3.05, 3.63) is 56.8 Å². The molecule has 0 aliphatic rings. The van der Waals surface area contributed by atoms with Crippen LogP contribution in [0.3, 0.4) is 0 Å². The summed E-state index contributed by atoms with van der Waals surface area (Å²) in [4.78, 5) is 12.2. The number of amides is 1. The van der Waals surface area contributed by atoms with E-state index in [9.17, 15) is 19.6 Å². The van der Waals surface area contributed by atoms with Crippen molar-refractivity contribution in [3.63, 3.8) is 0 Å². The van der Waals surface area contributed by atoms with Crippen molar-refractivity contribution in [1.82, 2.24) is 0 Å². The van der Waals surface area contributed by atoms with Gasteiger partial charge in [0.15, 0.2) is 11.5 Å². The highest BCUT2D eigenvalue weighted by molar-refractivity contribution is 9.10. The molecular weight excluding hydrogens is 415 g/mol. The molecule has 2 rings (SSSR count). The molecule has 8 heteroatoms. The predicted molar refractivity (Wildman–Crippen MR) is 96.0 cm³/mol. The molecule has 0 saturated heterocycles. The summed E-state index contributed by atoms with van der Waals surface area (Å²) in [5.74, 6) is -1.21. The van der Waals surface area contributed by atoms with Crippen LogP contribution in [-0.4, -0.2) is 18.1 Å². The first kappa shape index (κ1) is 18.8. The zero-order valence-electron chi connectivity index (χ0n) is 12.8. The summed E-state index contributed by atoms with van der Waals surface area (Å²) >= 11 is 8.82. The molecular formula is C17H11BrClFN2O3. The van der Waals surface area contributed by atoms with Gasteiger partial charge in [-0.1, -0.05) is 11.6 Å². The summed E-state index contributed by atoms with van der Waals surface area (Å²) in [6.07, 6.45) is 1.33. The first-order valence-corrected chi connectivity index (χ1v) is 7.97. The Labute approximate surface area is 156 Å². The van der Waals surface area contributed by atoms with Gasteiger partial charge in [-0.15, -0.1) is 0 Å². The molecule has 0 spiro atoms. The smallest absolute Gasteiger partial charge is 0.266 e.